The Morgan fingerprint density at radius 2 is 2.00 bits per heavy atom. The van der Waals surface area contributed by atoms with Crippen molar-refractivity contribution >= 4 is 5.78 Å². The van der Waals surface area contributed by atoms with Crippen molar-refractivity contribution < 1.29 is 9.44 Å². The zero-order valence-electron chi connectivity index (χ0n) is 9.99. The molecule has 0 heterocycles. The Kier molecular flexibility index (Phi) is 2.40. The summed E-state index contributed by atoms with van der Waals surface area (Å²) in [7, 11) is 3.17. The normalized spacial score (nSPS) is 24.6. The first kappa shape index (κ1) is 11.3. The maximum absolute atomic E-state index is 12.2. The number of carbonyl (C=O) groups excluding carboxylic acids is 1. The summed E-state index contributed by atoms with van der Waals surface area (Å²) in [5, 5.41) is 11.7. The molecule has 1 aromatic carbocycles. The highest BCUT2D eigenvalue weighted by molar-refractivity contribution is 6.04. The van der Waals surface area contributed by atoms with Gasteiger partial charge in [-0.25, -0.2) is 0 Å². The molecule has 0 aliphatic heterocycles. The van der Waals surface area contributed by atoms with E-state index in [1.165, 1.54) is 0 Å². The topological polar surface area (TPSA) is 40.1 Å². The molecular formula is C13H17NO2. The smallest absolute Gasteiger partial charge is 0.174 e. The van der Waals surface area contributed by atoms with Gasteiger partial charge in [-0.2, -0.15) is 0 Å². The number of Topliss-reactive ketones (excluding diaryl/α,β-unsaturated/α-hetero) is 1. The third-order valence-electron chi connectivity index (χ3n) is 3.12. The standard InChI is InChI=1S/C13H17NO2/c1-13(9-14(2,3)16)8-10-6-4-5-7-11(10)12(13)15/h4-7H,8-9H2,1-3H3. The summed E-state index contributed by atoms with van der Waals surface area (Å²) in [6, 6.07) is 7.64. The third-order valence-corrected chi connectivity index (χ3v) is 3.12. The van der Waals surface area contributed by atoms with Crippen LogP contribution >= 0.6 is 0 Å². The summed E-state index contributed by atoms with van der Waals surface area (Å²) in [5.41, 5.74) is 1.33. The van der Waals surface area contributed by atoms with Gasteiger partial charge in [-0.05, 0) is 18.9 Å². The van der Waals surface area contributed by atoms with Gasteiger partial charge in [0.05, 0.1) is 26.1 Å². The highest BCUT2D eigenvalue weighted by Gasteiger charge is 2.44. The van der Waals surface area contributed by atoms with E-state index in [1.54, 1.807) is 14.1 Å². The highest BCUT2D eigenvalue weighted by atomic mass is 16.5. The molecule has 1 aliphatic rings. The molecule has 3 heteroatoms. The minimum absolute atomic E-state index is 0.116. The fourth-order valence-electron chi connectivity index (χ4n) is 2.69. The lowest BCUT2D eigenvalue weighted by Crippen LogP contribution is -2.45. The van der Waals surface area contributed by atoms with Crippen LogP contribution in [0.25, 0.3) is 0 Å². The molecule has 3 nitrogen and oxygen atoms in total. The second kappa shape index (κ2) is 3.40. The average Bonchev–Trinajstić information content (AvgIpc) is 2.37. The summed E-state index contributed by atoms with van der Waals surface area (Å²) in [6.07, 6.45) is 0.686. The monoisotopic (exact) mass is 219 g/mol. The Bertz CT molecular complexity index is 434. The molecule has 0 radical (unpaired) electrons. The van der Waals surface area contributed by atoms with Crippen LogP contribution in [0.2, 0.25) is 0 Å². The zero-order valence-corrected chi connectivity index (χ0v) is 9.99. The number of hydroxylamine groups is 3. The van der Waals surface area contributed by atoms with Crippen molar-refractivity contribution in [2.75, 3.05) is 20.6 Å². The average molecular weight is 219 g/mol. The van der Waals surface area contributed by atoms with Gasteiger partial charge < -0.3 is 9.85 Å². The van der Waals surface area contributed by atoms with Gasteiger partial charge >= 0.3 is 0 Å². The van der Waals surface area contributed by atoms with Crippen LogP contribution in [0.15, 0.2) is 24.3 Å². The molecule has 0 spiro atoms. The largest absolute Gasteiger partial charge is 0.633 e. The lowest BCUT2D eigenvalue weighted by Gasteiger charge is -2.39. The minimum atomic E-state index is -0.533. The maximum atomic E-state index is 12.2. The molecule has 86 valence electrons. The van der Waals surface area contributed by atoms with Crippen molar-refractivity contribution in [3.8, 4) is 0 Å². The van der Waals surface area contributed by atoms with Crippen LogP contribution in [0.4, 0.5) is 0 Å². The molecule has 16 heavy (non-hydrogen) atoms. The SMILES string of the molecule is CC1(C[N+](C)(C)[O-])Cc2ccccc2C1=O. The predicted molar refractivity (Wildman–Crippen MR) is 62.9 cm³/mol. The first-order valence-electron chi connectivity index (χ1n) is 5.49. The van der Waals surface area contributed by atoms with Gasteiger partial charge in [0.25, 0.3) is 0 Å². The maximum Gasteiger partial charge on any atom is 0.174 e. The Hall–Kier alpha value is -1.19. The lowest BCUT2D eigenvalue weighted by molar-refractivity contribution is -0.845. The van der Waals surface area contributed by atoms with E-state index in [2.05, 4.69) is 0 Å². The van der Waals surface area contributed by atoms with E-state index in [9.17, 15) is 10.0 Å². The number of benzene rings is 1. The number of hydrogen-bond donors (Lipinski definition) is 0. The summed E-state index contributed by atoms with van der Waals surface area (Å²) < 4.78 is -0.420. The zero-order chi connectivity index (χ0) is 12.0. The third kappa shape index (κ3) is 1.88. The van der Waals surface area contributed by atoms with Gasteiger partial charge in [-0.15, -0.1) is 0 Å². The van der Waals surface area contributed by atoms with Crippen molar-refractivity contribution in [2.24, 2.45) is 5.41 Å². The molecule has 0 amide bonds. The van der Waals surface area contributed by atoms with Crippen molar-refractivity contribution in [1.29, 1.82) is 0 Å². The first-order valence-corrected chi connectivity index (χ1v) is 5.49. The van der Waals surface area contributed by atoms with Crippen LogP contribution in [0.1, 0.15) is 22.8 Å². The molecule has 1 atom stereocenters. The number of rotatable bonds is 2. The van der Waals surface area contributed by atoms with Crippen LogP contribution in [-0.4, -0.2) is 31.1 Å². The van der Waals surface area contributed by atoms with Gasteiger partial charge in [-0.3, -0.25) is 4.79 Å². The number of nitrogens with zero attached hydrogens (tertiary/aromatic N) is 1. The molecule has 1 unspecified atom stereocenters. The summed E-state index contributed by atoms with van der Waals surface area (Å²) >= 11 is 0. The van der Waals surface area contributed by atoms with E-state index >= 15 is 0 Å². The van der Waals surface area contributed by atoms with Crippen LogP contribution in [0.3, 0.4) is 0 Å². The number of hydrogen-bond acceptors (Lipinski definition) is 2. The van der Waals surface area contributed by atoms with Gasteiger partial charge in [0, 0.05) is 5.56 Å². The Morgan fingerprint density at radius 1 is 1.38 bits per heavy atom. The number of ketones is 1. The molecule has 2 rings (SSSR count). The molecule has 0 bridgehead atoms. The molecule has 0 saturated carbocycles. The minimum Gasteiger partial charge on any atom is -0.633 e. The summed E-state index contributed by atoms with van der Waals surface area (Å²) in [6.45, 7) is 2.23. The van der Waals surface area contributed by atoms with E-state index in [1.807, 2.05) is 31.2 Å². The molecule has 0 aromatic heterocycles. The fourth-order valence-corrected chi connectivity index (χ4v) is 2.69. The summed E-state index contributed by atoms with van der Waals surface area (Å²) in [5.74, 6) is 0.116. The Morgan fingerprint density at radius 3 is 2.56 bits per heavy atom. The molecular weight excluding hydrogens is 202 g/mol. The quantitative estimate of drug-likeness (QED) is 0.564. The Balaban J connectivity index is 2.33. The van der Waals surface area contributed by atoms with Crippen molar-refractivity contribution in [1.82, 2.24) is 0 Å². The van der Waals surface area contributed by atoms with Crippen molar-refractivity contribution in [2.45, 2.75) is 13.3 Å². The molecule has 1 aromatic rings. The van der Waals surface area contributed by atoms with Gasteiger partial charge in [0.2, 0.25) is 0 Å². The van der Waals surface area contributed by atoms with Gasteiger partial charge in [-0.1, -0.05) is 24.3 Å². The second-order valence-corrected chi connectivity index (χ2v) is 5.46. The predicted octanol–water partition coefficient (Wildman–Crippen LogP) is 2.01. The molecule has 0 N–H and O–H groups in total. The van der Waals surface area contributed by atoms with E-state index in [-0.39, 0.29) is 5.78 Å². The first-order chi connectivity index (χ1) is 7.32. The molecule has 0 fully saturated rings. The lowest BCUT2D eigenvalue weighted by atomic mass is 9.85. The molecule has 1 aliphatic carbocycles. The van der Waals surface area contributed by atoms with E-state index in [0.29, 0.717) is 13.0 Å². The van der Waals surface area contributed by atoms with Crippen molar-refractivity contribution in [3.63, 3.8) is 0 Å². The summed E-state index contributed by atoms with van der Waals surface area (Å²) in [4.78, 5) is 12.2. The molecule has 0 saturated heterocycles. The Labute approximate surface area is 95.9 Å². The fraction of sp³-hybridized carbons (Fsp3) is 0.462. The van der Waals surface area contributed by atoms with Crippen LogP contribution in [0, 0.1) is 10.6 Å². The second-order valence-electron chi connectivity index (χ2n) is 5.46. The van der Waals surface area contributed by atoms with Gasteiger partial charge in [0.15, 0.2) is 5.78 Å². The van der Waals surface area contributed by atoms with Crippen LogP contribution in [-0.2, 0) is 6.42 Å². The van der Waals surface area contributed by atoms with Gasteiger partial charge in [0.1, 0.15) is 0 Å². The van der Waals surface area contributed by atoms with Crippen molar-refractivity contribution in [3.05, 3.63) is 40.6 Å². The van der Waals surface area contributed by atoms with E-state index < -0.39 is 10.1 Å². The number of fused-ring (bicyclic) bond motifs is 1. The van der Waals surface area contributed by atoms with Crippen LogP contribution in [0.5, 0.6) is 0 Å². The van der Waals surface area contributed by atoms with E-state index in [4.69, 9.17) is 0 Å². The number of carbonyl (C=O) groups is 1. The highest BCUT2D eigenvalue weighted by Crippen LogP contribution is 2.37. The van der Waals surface area contributed by atoms with Crippen LogP contribution < -0.4 is 0 Å². The van der Waals surface area contributed by atoms with E-state index in [0.717, 1.165) is 11.1 Å². The number of quaternary nitrogens is 1.